The summed E-state index contributed by atoms with van der Waals surface area (Å²) in [6.45, 7) is 5.95. The van der Waals surface area contributed by atoms with Crippen LogP contribution in [0.15, 0.2) is 18.2 Å². The first kappa shape index (κ1) is 22.3. The zero-order chi connectivity index (χ0) is 20.9. The molecule has 1 aromatic rings. The molecule has 1 heterocycles. The van der Waals surface area contributed by atoms with Crippen LogP contribution in [-0.2, 0) is 11.0 Å². The summed E-state index contributed by atoms with van der Waals surface area (Å²) in [5, 5.41) is 4.94. The number of rotatable bonds is 5. The van der Waals surface area contributed by atoms with E-state index in [1.54, 1.807) is 0 Å². The van der Waals surface area contributed by atoms with Gasteiger partial charge in [0.2, 0.25) is 5.91 Å². The topological polar surface area (TPSA) is 64.7 Å². The van der Waals surface area contributed by atoms with Gasteiger partial charge in [-0.2, -0.15) is 13.2 Å². The Balaban J connectivity index is 1.86. The summed E-state index contributed by atoms with van der Waals surface area (Å²) < 4.78 is 38.8. The summed E-state index contributed by atoms with van der Waals surface area (Å²) in [5.74, 6) is -0.0619. The molecule has 1 unspecified atom stereocenters. The van der Waals surface area contributed by atoms with Crippen molar-refractivity contribution in [2.75, 3.05) is 38.0 Å². The van der Waals surface area contributed by atoms with Gasteiger partial charge in [0.05, 0.1) is 17.1 Å². The molecule has 0 radical (unpaired) electrons. The van der Waals surface area contributed by atoms with Crippen molar-refractivity contribution < 1.29 is 22.8 Å². The van der Waals surface area contributed by atoms with Crippen molar-refractivity contribution in [3.05, 3.63) is 28.8 Å². The molecule has 1 aromatic carbocycles. The van der Waals surface area contributed by atoms with Crippen molar-refractivity contribution in [2.24, 2.45) is 0 Å². The Morgan fingerprint density at radius 1 is 1.21 bits per heavy atom. The van der Waals surface area contributed by atoms with Crippen LogP contribution >= 0.6 is 11.6 Å². The number of nitrogens with one attached hydrogen (secondary N) is 2. The highest BCUT2D eigenvalue weighted by Gasteiger charge is 2.33. The Labute approximate surface area is 167 Å². The lowest BCUT2D eigenvalue weighted by Gasteiger charge is -2.34. The Hall–Kier alpha value is -2.00. The molecule has 0 bridgehead atoms. The Morgan fingerprint density at radius 2 is 1.86 bits per heavy atom. The van der Waals surface area contributed by atoms with E-state index in [9.17, 15) is 22.8 Å². The minimum absolute atomic E-state index is 0.0251. The van der Waals surface area contributed by atoms with Crippen LogP contribution in [0.1, 0.15) is 25.8 Å². The van der Waals surface area contributed by atoms with Crippen LogP contribution in [-0.4, -0.2) is 60.5 Å². The highest BCUT2D eigenvalue weighted by Crippen LogP contribution is 2.36. The molecule has 3 amide bonds. The van der Waals surface area contributed by atoms with E-state index in [0.29, 0.717) is 26.2 Å². The highest BCUT2D eigenvalue weighted by molar-refractivity contribution is 6.31. The zero-order valence-electron chi connectivity index (χ0n) is 15.8. The maximum absolute atomic E-state index is 12.9. The maximum atomic E-state index is 12.9. The molecule has 0 spiro atoms. The Kier molecular flexibility index (Phi) is 7.54. The third-order valence-electron chi connectivity index (χ3n) is 4.57. The van der Waals surface area contributed by atoms with Gasteiger partial charge in [-0.05, 0) is 31.5 Å². The third-order valence-corrected chi connectivity index (χ3v) is 4.90. The van der Waals surface area contributed by atoms with Crippen LogP contribution in [0, 0.1) is 0 Å². The monoisotopic (exact) mass is 420 g/mol. The Morgan fingerprint density at radius 3 is 2.43 bits per heavy atom. The lowest BCUT2D eigenvalue weighted by Crippen LogP contribution is -2.52. The summed E-state index contributed by atoms with van der Waals surface area (Å²) in [4.78, 5) is 27.7. The number of alkyl halides is 3. The molecule has 1 aliphatic heterocycles. The largest absolute Gasteiger partial charge is 0.417 e. The molecular formula is C18H24ClF3N4O2. The molecule has 1 aliphatic rings. The van der Waals surface area contributed by atoms with Gasteiger partial charge >= 0.3 is 12.2 Å². The van der Waals surface area contributed by atoms with Gasteiger partial charge in [-0.1, -0.05) is 18.5 Å². The molecule has 2 rings (SSSR count). The summed E-state index contributed by atoms with van der Waals surface area (Å²) in [6, 6.07) is 2.87. The molecule has 156 valence electrons. The van der Waals surface area contributed by atoms with Crippen LogP contribution in [0.4, 0.5) is 23.7 Å². The SMILES string of the molecule is CCC(C)NC(=O)CN1CCN(C(=O)Nc2ccc(Cl)c(C(F)(F)F)c2)CC1. The van der Waals surface area contributed by atoms with E-state index in [-0.39, 0.29) is 24.2 Å². The van der Waals surface area contributed by atoms with Gasteiger partial charge in [0, 0.05) is 37.9 Å². The lowest BCUT2D eigenvalue weighted by atomic mass is 10.2. The fraction of sp³-hybridized carbons (Fsp3) is 0.556. The number of piperazine rings is 1. The zero-order valence-corrected chi connectivity index (χ0v) is 16.5. The molecule has 0 aromatic heterocycles. The minimum Gasteiger partial charge on any atom is -0.353 e. The number of amides is 3. The molecular weight excluding hydrogens is 397 g/mol. The van der Waals surface area contributed by atoms with Crippen molar-refractivity contribution >= 4 is 29.2 Å². The first-order valence-corrected chi connectivity index (χ1v) is 9.42. The second-order valence-corrected chi connectivity index (χ2v) is 7.17. The van der Waals surface area contributed by atoms with Gasteiger partial charge in [0.15, 0.2) is 0 Å². The van der Waals surface area contributed by atoms with Crippen molar-refractivity contribution in [2.45, 2.75) is 32.5 Å². The molecule has 2 N–H and O–H groups in total. The molecule has 28 heavy (non-hydrogen) atoms. The minimum atomic E-state index is -4.60. The van der Waals surface area contributed by atoms with Crippen molar-refractivity contribution in [3.8, 4) is 0 Å². The van der Waals surface area contributed by atoms with Gasteiger partial charge in [0.1, 0.15) is 0 Å². The highest BCUT2D eigenvalue weighted by atomic mass is 35.5. The lowest BCUT2D eigenvalue weighted by molar-refractivity contribution is -0.137. The predicted octanol–water partition coefficient (Wildman–Crippen LogP) is 3.42. The number of carbonyl (C=O) groups excluding carboxylic acids is 2. The van der Waals surface area contributed by atoms with E-state index < -0.39 is 22.8 Å². The van der Waals surface area contributed by atoms with E-state index in [1.165, 1.54) is 11.0 Å². The number of halogens is 4. The Bertz CT molecular complexity index is 707. The van der Waals surface area contributed by atoms with E-state index in [2.05, 4.69) is 10.6 Å². The average Bonchev–Trinajstić information content (AvgIpc) is 2.62. The van der Waals surface area contributed by atoms with E-state index in [1.807, 2.05) is 18.7 Å². The van der Waals surface area contributed by atoms with Gasteiger partial charge in [-0.15, -0.1) is 0 Å². The second kappa shape index (κ2) is 9.47. The average molecular weight is 421 g/mol. The smallest absolute Gasteiger partial charge is 0.353 e. The molecule has 1 atom stereocenters. The van der Waals surface area contributed by atoms with E-state index in [0.717, 1.165) is 18.6 Å². The number of hydrogen-bond donors (Lipinski definition) is 2. The van der Waals surface area contributed by atoms with Gasteiger partial charge in [0.25, 0.3) is 0 Å². The van der Waals surface area contributed by atoms with Crippen molar-refractivity contribution in [1.29, 1.82) is 0 Å². The normalized spacial score (nSPS) is 16.6. The van der Waals surface area contributed by atoms with Crippen LogP contribution in [0.2, 0.25) is 5.02 Å². The van der Waals surface area contributed by atoms with E-state index >= 15 is 0 Å². The summed E-state index contributed by atoms with van der Waals surface area (Å²) in [6.07, 6.45) is -3.75. The van der Waals surface area contributed by atoms with Gasteiger partial charge in [-0.3, -0.25) is 9.69 Å². The number of nitrogens with zero attached hydrogens (tertiary/aromatic N) is 2. The first-order chi connectivity index (χ1) is 13.1. The van der Waals surface area contributed by atoms with Crippen LogP contribution < -0.4 is 10.6 Å². The van der Waals surface area contributed by atoms with Gasteiger partial charge < -0.3 is 15.5 Å². The first-order valence-electron chi connectivity index (χ1n) is 9.04. The predicted molar refractivity (Wildman–Crippen MR) is 101 cm³/mol. The van der Waals surface area contributed by atoms with Crippen LogP contribution in [0.3, 0.4) is 0 Å². The molecule has 6 nitrogen and oxygen atoms in total. The van der Waals surface area contributed by atoms with Crippen molar-refractivity contribution in [3.63, 3.8) is 0 Å². The van der Waals surface area contributed by atoms with Crippen LogP contribution in [0.25, 0.3) is 0 Å². The molecule has 0 saturated carbocycles. The fourth-order valence-electron chi connectivity index (χ4n) is 2.76. The molecule has 10 heteroatoms. The summed E-state index contributed by atoms with van der Waals surface area (Å²) in [5.41, 5.74) is -0.971. The van der Waals surface area contributed by atoms with Crippen molar-refractivity contribution in [1.82, 2.24) is 15.1 Å². The number of urea groups is 1. The molecule has 1 saturated heterocycles. The fourth-order valence-corrected chi connectivity index (χ4v) is 2.98. The molecule has 0 aliphatic carbocycles. The second-order valence-electron chi connectivity index (χ2n) is 6.76. The summed E-state index contributed by atoms with van der Waals surface area (Å²) in [7, 11) is 0. The van der Waals surface area contributed by atoms with Gasteiger partial charge in [-0.25, -0.2) is 4.79 Å². The number of hydrogen-bond acceptors (Lipinski definition) is 3. The standard InChI is InChI=1S/C18H24ClF3N4O2/c1-3-12(2)23-16(27)11-25-6-8-26(9-7-25)17(28)24-13-4-5-15(19)14(10-13)18(20,21)22/h4-5,10,12H,3,6-9,11H2,1-2H3,(H,23,27)(H,24,28). The summed E-state index contributed by atoms with van der Waals surface area (Å²) >= 11 is 5.58. The molecule has 1 fully saturated rings. The number of carbonyl (C=O) groups is 2. The maximum Gasteiger partial charge on any atom is 0.417 e. The van der Waals surface area contributed by atoms with E-state index in [4.69, 9.17) is 11.6 Å². The third kappa shape index (κ3) is 6.27. The van der Waals surface area contributed by atoms with Crippen LogP contribution in [0.5, 0.6) is 0 Å². The number of benzene rings is 1. The quantitative estimate of drug-likeness (QED) is 0.767. The number of anilines is 1.